The highest BCUT2D eigenvalue weighted by molar-refractivity contribution is 7.91. The second-order valence-electron chi connectivity index (χ2n) is 6.00. The summed E-state index contributed by atoms with van der Waals surface area (Å²) in [6.45, 7) is 4.52. The normalized spacial score (nSPS) is 23.7. The third kappa shape index (κ3) is 3.49. The van der Waals surface area contributed by atoms with Crippen LogP contribution in [-0.4, -0.2) is 47.2 Å². The van der Waals surface area contributed by atoms with E-state index in [0.717, 1.165) is 11.3 Å². The summed E-state index contributed by atoms with van der Waals surface area (Å²) in [5, 5.41) is 14.1. The van der Waals surface area contributed by atoms with Crippen molar-refractivity contribution in [3.63, 3.8) is 0 Å². The van der Waals surface area contributed by atoms with Crippen LogP contribution in [0.5, 0.6) is 0 Å². The van der Waals surface area contributed by atoms with Gasteiger partial charge in [-0.25, -0.2) is 8.42 Å². The van der Waals surface area contributed by atoms with Crippen molar-refractivity contribution in [3.8, 4) is 0 Å². The molecule has 2 aromatic rings. The number of sulfone groups is 1. The quantitative estimate of drug-likeness (QED) is 0.868. The molecule has 3 rings (SSSR count). The zero-order valence-electron chi connectivity index (χ0n) is 13.1. The van der Waals surface area contributed by atoms with Crippen LogP contribution in [0, 0.1) is 13.8 Å². The summed E-state index contributed by atoms with van der Waals surface area (Å²) in [5.74, 6) is 1.15. The van der Waals surface area contributed by atoms with Crippen LogP contribution in [0.15, 0.2) is 27.3 Å². The third-order valence-corrected chi connectivity index (χ3v) is 5.94. The Balaban J connectivity index is 1.88. The highest BCUT2D eigenvalue weighted by Crippen LogP contribution is 2.25. The number of aliphatic hydroxyl groups is 1. The fourth-order valence-corrected chi connectivity index (χ4v) is 4.82. The number of aromatic nitrogens is 1. The van der Waals surface area contributed by atoms with Crippen molar-refractivity contribution >= 4 is 9.84 Å². The maximum Gasteiger partial charge on any atom is 0.154 e. The topological polar surface area (TPSA) is 96.8 Å². The lowest BCUT2D eigenvalue weighted by Gasteiger charge is -2.29. The number of hydrogen-bond donors (Lipinski definition) is 1. The van der Waals surface area contributed by atoms with Gasteiger partial charge in [-0.1, -0.05) is 5.16 Å². The van der Waals surface area contributed by atoms with E-state index in [9.17, 15) is 13.5 Å². The summed E-state index contributed by atoms with van der Waals surface area (Å²) in [6.07, 6.45) is 0.668. The average Bonchev–Trinajstić information content (AvgIpc) is 3.14. The number of nitrogens with zero attached hydrogens (tertiary/aromatic N) is 2. The van der Waals surface area contributed by atoms with Crippen LogP contribution >= 0.6 is 0 Å². The highest BCUT2D eigenvalue weighted by atomic mass is 32.2. The van der Waals surface area contributed by atoms with E-state index in [1.165, 1.54) is 0 Å². The predicted octanol–water partition coefficient (Wildman–Crippen LogP) is 1.04. The highest BCUT2D eigenvalue weighted by Gasteiger charge is 2.40. The lowest BCUT2D eigenvalue weighted by atomic mass is 10.1. The van der Waals surface area contributed by atoms with Crippen LogP contribution < -0.4 is 0 Å². The molecule has 2 unspecified atom stereocenters. The van der Waals surface area contributed by atoms with Gasteiger partial charge < -0.3 is 14.0 Å². The van der Waals surface area contributed by atoms with Gasteiger partial charge in [0.2, 0.25) is 0 Å². The summed E-state index contributed by atoms with van der Waals surface area (Å²) in [4.78, 5) is 1.92. The summed E-state index contributed by atoms with van der Waals surface area (Å²) < 4.78 is 34.3. The fraction of sp³-hybridized carbons (Fsp3) is 0.533. The van der Waals surface area contributed by atoms with E-state index in [2.05, 4.69) is 5.16 Å². The molecule has 2 atom stereocenters. The fourth-order valence-electron chi connectivity index (χ4n) is 2.98. The van der Waals surface area contributed by atoms with Gasteiger partial charge in [-0.3, -0.25) is 4.90 Å². The van der Waals surface area contributed by atoms with E-state index >= 15 is 0 Å². The molecule has 1 fully saturated rings. The third-order valence-electron chi connectivity index (χ3n) is 4.24. The van der Waals surface area contributed by atoms with Crippen molar-refractivity contribution in [1.82, 2.24) is 10.1 Å². The van der Waals surface area contributed by atoms with Crippen LogP contribution in [0.1, 0.15) is 22.8 Å². The Morgan fingerprint density at radius 1 is 1.35 bits per heavy atom. The molecule has 8 heteroatoms. The van der Waals surface area contributed by atoms with E-state index in [0.29, 0.717) is 24.6 Å². The zero-order chi connectivity index (χ0) is 16.6. The molecule has 0 amide bonds. The Kier molecular flexibility index (Phi) is 4.31. The molecule has 2 aromatic heterocycles. The molecule has 1 aliphatic rings. The molecule has 0 bridgehead atoms. The maximum atomic E-state index is 11.9. The molecule has 1 N–H and O–H groups in total. The minimum atomic E-state index is -3.23. The zero-order valence-corrected chi connectivity index (χ0v) is 13.9. The molecule has 0 radical (unpaired) electrons. The molecule has 7 nitrogen and oxygen atoms in total. The SMILES string of the molecule is Cc1noc(C)c1CN(Cc1ccco1)C1CS(=O)(=O)CC1O. The number of aryl methyl sites for hydroxylation is 2. The molecule has 0 spiro atoms. The van der Waals surface area contributed by atoms with E-state index < -0.39 is 22.0 Å². The van der Waals surface area contributed by atoms with E-state index in [1.54, 1.807) is 12.3 Å². The minimum Gasteiger partial charge on any atom is -0.468 e. The van der Waals surface area contributed by atoms with E-state index in [1.807, 2.05) is 24.8 Å². The molecular weight excluding hydrogens is 320 g/mol. The van der Waals surface area contributed by atoms with Crippen LogP contribution in [0.2, 0.25) is 0 Å². The van der Waals surface area contributed by atoms with Gasteiger partial charge in [0, 0.05) is 12.1 Å². The maximum absolute atomic E-state index is 11.9. The molecule has 126 valence electrons. The molecule has 0 aromatic carbocycles. The van der Waals surface area contributed by atoms with Gasteiger partial charge in [-0.15, -0.1) is 0 Å². The van der Waals surface area contributed by atoms with Crippen LogP contribution in [0.3, 0.4) is 0 Å². The van der Waals surface area contributed by atoms with Crippen LogP contribution in [0.4, 0.5) is 0 Å². The lowest BCUT2D eigenvalue weighted by molar-refractivity contribution is 0.0682. The number of hydrogen-bond acceptors (Lipinski definition) is 7. The molecule has 1 aliphatic heterocycles. The van der Waals surface area contributed by atoms with Gasteiger partial charge in [-0.05, 0) is 26.0 Å². The largest absolute Gasteiger partial charge is 0.468 e. The van der Waals surface area contributed by atoms with E-state index in [4.69, 9.17) is 8.94 Å². The van der Waals surface area contributed by atoms with Crippen molar-refractivity contribution in [2.75, 3.05) is 11.5 Å². The summed E-state index contributed by atoms with van der Waals surface area (Å²) >= 11 is 0. The Bertz CT molecular complexity index is 746. The smallest absolute Gasteiger partial charge is 0.154 e. The van der Waals surface area contributed by atoms with Gasteiger partial charge in [0.15, 0.2) is 9.84 Å². The Hall–Kier alpha value is -1.64. The first kappa shape index (κ1) is 16.2. The Labute approximate surface area is 134 Å². The lowest BCUT2D eigenvalue weighted by Crippen LogP contribution is -2.42. The van der Waals surface area contributed by atoms with Gasteiger partial charge in [0.05, 0.1) is 42.2 Å². The van der Waals surface area contributed by atoms with Crippen LogP contribution in [-0.2, 0) is 22.9 Å². The van der Waals surface area contributed by atoms with Crippen molar-refractivity contribution < 1.29 is 22.5 Å². The average molecular weight is 340 g/mol. The van der Waals surface area contributed by atoms with E-state index in [-0.39, 0.29) is 11.5 Å². The van der Waals surface area contributed by atoms with Gasteiger partial charge in [-0.2, -0.15) is 0 Å². The minimum absolute atomic E-state index is 0.0573. The summed E-state index contributed by atoms with van der Waals surface area (Å²) in [5.41, 5.74) is 1.68. The number of aliphatic hydroxyl groups excluding tert-OH is 1. The molecule has 3 heterocycles. The molecule has 0 saturated carbocycles. The summed E-state index contributed by atoms with van der Waals surface area (Å²) in [6, 6.07) is 3.14. The standard InChI is InChI=1S/C15H20N2O5S/c1-10-13(11(2)22-16-10)7-17(6-12-4-3-5-21-12)14-8-23(19,20)9-15(14)18/h3-5,14-15,18H,6-9H2,1-2H3. The van der Waals surface area contributed by atoms with Gasteiger partial charge in [0.1, 0.15) is 11.5 Å². The number of rotatable bonds is 5. The summed E-state index contributed by atoms with van der Waals surface area (Å²) in [7, 11) is -3.23. The van der Waals surface area contributed by atoms with Crippen molar-refractivity contribution in [3.05, 3.63) is 41.2 Å². The van der Waals surface area contributed by atoms with Gasteiger partial charge >= 0.3 is 0 Å². The molecule has 0 aliphatic carbocycles. The van der Waals surface area contributed by atoms with Crippen LogP contribution in [0.25, 0.3) is 0 Å². The van der Waals surface area contributed by atoms with Crippen molar-refractivity contribution in [2.45, 2.75) is 39.1 Å². The Morgan fingerprint density at radius 2 is 2.13 bits per heavy atom. The molecule has 1 saturated heterocycles. The first-order chi connectivity index (χ1) is 10.9. The molecule has 23 heavy (non-hydrogen) atoms. The van der Waals surface area contributed by atoms with Gasteiger partial charge in [0.25, 0.3) is 0 Å². The predicted molar refractivity (Wildman–Crippen MR) is 82.4 cm³/mol. The number of furan rings is 1. The Morgan fingerprint density at radius 3 is 2.65 bits per heavy atom. The molecular formula is C15H20N2O5S. The second-order valence-corrected chi connectivity index (χ2v) is 8.15. The van der Waals surface area contributed by atoms with Crippen molar-refractivity contribution in [2.24, 2.45) is 0 Å². The first-order valence-electron chi connectivity index (χ1n) is 7.42. The monoisotopic (exact) mass is 340 g/mol. The van der Waals surface area contributed by atoms with Crippen molar-refractivity contribution in [1.29, 1.82) is 0 Å². The first-order valence-corrected chi connectivity index (χ1v) is 9.24. The second kappa shape index (κ2) is 6.10.